The third kappa shape index (κ3) is 6.25. The molecule has 8 nitrogen and oxygen atoms in total. The van der Waals surface area contributed by atoms with Crippen LogP contribution in [0.2, 0.25) is 0 Å². The van der Waals surface area contributed by atoms with Crippen LogP contribution < -0.4 is 15.5 Å². The molecule has 3 aromatic rings. The van der Waals surface area contributed by atoms with Gasteiger partial charge >= 0.3 is 5.97 Å². The molecule has 0 aliphatic carbocycles. The molecule has 1 aromatic carbocycles. The standard InChI is InChI=1S/C21H21N3O5S2/c1-3-13(4-2)18(26)22-20-23-24-21(31-20)30-12-15-10-16(25)17(11-28-15)29-19(27)14-8-6-5-7-9-14/h5-11,13H,3-4,12H2,1-2H3,(H,22,23,26). The molecule has 10 heteroatoms. The second kappa shape index (κ2) is 10.9. The molecule has 0 aliphatic rings. The fraction of sp³-hybridized carbons (Fsp3) is 0.286. The molecule has 2 aromatic heterocycles. The van der Waals surface area contributed by atoms with Crippen molar-refractivity contribution in [2.75, 3.05) is 5.32 Å². The smallest absolute Gasteiger partial charge is 0.343 e. The zero-order valence-corrected chi connectivity index (χ0v) is 18.6. The molecule has 1 amide bonds. The molecule has 0 saturated heterocycles. The summed E-state index contributed by atoms with van der Waals surface area (Å²) in [4.78, 5) is 36.5. The summed E-state index contributed by atoms with van der Waals surface area (Å²) in [6, 6.07) is 9.65. The lowest BCUT2D eigenvalue weighted by Crippen LogP contribution is -2.21. The highest BCUT2D eigenvalue weighted by atomic mass is 32.2. The molecule has 2 heterocycles. The van der Waals surface area contributed by atoms with Gasteiger partial charge in [0.25, 0.3) is 0 Å². The Morgan fingerprint density at radius 3 is 2.61 bits per heavy atom. The Labute approximate surface area is 187 Å². The zero-order chi connectivity index (χ0) is 22.2. The highest BCUT2D eigenvalue weighted by Gasteiger charge is 2.17. The van der Waals surface area contributed by atoms with E-state index in [1.54, 1.807) is 30.3 Å². The number of nitrogens with one attached hydrogen (secondary N) is 1. The Balaban J connectivity index is 1.56. The molecule has 0 radical (unpaired) electrons. The van der Waals surface area contributed by atoms with Crippen molar-refractivity contribution < 1.29 is 18.7 Å². The third-order valence-electron chi connectivity index (χ3n) is 4.40. The normalized spacial score (nSPS) is 10.8. The Bertz CT molecular complexity index is 1090. The van der Waals surface area contributed by atoms with Crippen molar-refractivity contribution in [2.24, 2.45) is 5.92 Å². The van der Waals surface area contributed by atoms with E-state index in [9.17, 15) is 14.4 Å². The van der Waals surface area contributed by atoms with Gasteiger partial charge < -0.3 is 14.5 Å². The molecule has 0 aliphatic heterocycles. The summed E-state index contributed by atoms with van der Waals surface area (Å²) in [5.41, 5.74) is -0.119. The van der Waals surface area contributed by atoms with Gasteiger partial charge in [-0.2, -0.15) is 0 Å². The second-order valence-corrected chi connectivity index (χ2v) is 8.69. The van der Waals surface area contributed by atoms with Gasteiger partial charge in [0.1, 0.15) is 12.0 Å². The number of hydrogen-bond acceptors (Lipinski definition) is 9. The SMILES string of the molecule is CCC(CC)C(=O)Nc1nnc(SCc2cc(=O)c(OC(=O)c3ccccc3)co2)s1. The molecular formula is C21H21N3O5S2. The number of amides is 1. The van der Waals surface area contributed by atoms with E-state index in [4.69, 9.17) is 9.15 Å². The van der Waals surface area contributed by atoms with E-state index in [1.165, 1.54) is 29.2 Å². The van der Waals surface area contributed by atoms with Crippen LogP contribution in [0.4, 0.5) is 5.13 Å². The number of ether oxygens (including phenoxy) is 1. The number of esters is 1. The van der Waals surface area contributed by atoms with Gasteiger partial charge in [-0.1, -0.05) is 55.1 Å². The van der Waals surface area contributed by atoms with E-state index in [-0.39, 0.29) is 17.6 Å². The highest BCUT2D eigenvalue weighted by Crippen LogP contribution is 2.28. The fourth-order valence-corrected chi connectivity index (χ4v) is 4.29. The van der Waals surface area contributed by atoms with E-state index in [0.29, 0.717) is 26.5 Å². The first-order chi connectivity index (χ1) is 15.0. The zero-order valence-electron chi connectivity index (χ0n) is 17.0. The number of aromatic nitrogens is 2. The minimum Gasteiger partial charge on any atom is -0.464 e. The molecule has 0 spiro atoms. The van der Waals surface area contributed by atoms with E-state index in [2.05, 4.69) is 15.5 Å². The van der Waals surface area contributed by atoms with Crippen molar-refractivity contribution in [3.63, 3.8) is 0 Å². The summed E-state index contributed by atoms with van der Waals surface area (Å²) in [5.74, 6) is -0.200. The van der Waals surface area contributed by atoms with Crippen LogP contribution in [0.5, 0.6) is 5.75 Å². The first-order valence-electron chi connectivity index (χ1n) is 9.66. The van der Waals surface area contributed by atoms with E-state index >= 15 is 0 Å². The van der Waals surface area contributed by atoms with Gasteiger partial charge in [-0.05, 0) is 25.0 Å². The van der Waals surface area contributed by atoms with Gasteiger partial charge in [0.05, 0.1) is 11.3 Å². The molecule has 0 fully saturated rings. The quantitative estimate of drug-likeness (QED) is 0.285. The first kappa shape index (κ1) is 22.7. The molecular weight excluding hydrogens is 438 g/mol. The molecule has 0 atom stereocenters. The average molecular weight is 460 g/mol. The van der Waals surface area contributed by atoms with Gasteiger partial charge in [-0.3, -0.25) is 9.59 Å². The van der Waals surface area contributed by atoms with Crippen molar-refractivity contribution in [1.29, 1.82) is 0 Å². The lowest BCUT2D eigenvalue weighted by molar-refractivity contribution is -0.120. The summed E-state index contributed by atoms with van der Waals surface area (Å²) in [7, 11) is 0. The predicted molar refractivity (Wildman–Crippen MR) is 119 cm³/mol. The Hall–Kier alpha value is -2.98. The van der Waals surface area contributed by atoms with Crippen molar-refractivity contribution in [3.8, 4) is 5.75 Å². The van der Waals surface area contributed by atoms with Crippen molar-refractivity contribution in [1.82, 2.24) is 10.2 Å². The molecule has 31 heavy (non-hydrogen) atoms. The number of thioether (sulfide) groups is 1. The second-order valence-electron chi connectivity index (χ2n) is 6.49. The van der Waals surface area contributed by atoms with Crippen LogP contribution in [0.3, 0.4) is 0 Å². The summed E-state index contributed by atoms with van der Waals surface area (Å²) in [6.45, 7) is 3.94. The molecule has 0 saturated carbocycles. The van der Waals surface area contributed by atoms with Gasteiger partial charge in [-0.15, -0.1) is 10.2 Å². The van der Waals surface area contributed by atoms with Crippen LogP contribution in [0.1, 0.15) is 42.8 Å². The Morgan fingerprint density at radius 1 is 1.19 bits per heavy atom. The summed E-state index contributed by atoms with van der Waals surface area (Å²) >= 11 is 2.57. The minimum atomic E-state index is -0.633. The topological polar surface area (TPSA) is 111 Å². The largest absolute Gasteiger partial charge is 0.464 e. The highest BCUT2D eigenvalue weighted by molar-refractivity contribution is 8.00. The number of hydrogen-bond donors (Lipinski definition) is 1. The third-order valence-corrected chi connectivity index (χ3v) is 6.39. The number of benzene rings is 1. The monoisotopic (exact) mass is 459 g/mol. The molecule has 0 unspecified atom stereocenters. The van der Waals surface area contributed by atoms with Crippen LogP contribution >= 0.6 is 23.1 Å². The van der Waals surface area contributed by atoms with Crippen LogP contribution in [-0.2, 0) is 10.5 Å². The molecule has 162 valence electrons. The van der Waals surface area contributed by atoms with Crippen molar-refractivity contribution in [3.05, 3.63) is 64.2 Å². The maximum atomic E-state index is 12.2. The van der Waals surface area contributed by atoms with Gasteiger partial charge in [-0.25, -0.2) is 4.79 Å². The van der Waals surface area contributed by atoms with Crippen molar-refractivity contribution >= 4 is 40.1 Å². The Morgan fingerprint density at radius 2 is 1.94 bits per heavy atom. The van der Waals surface area contributed by atoms with Gasteiger partial charge in [0.15, 0.2) is 4.34 Å². The van der Waals surface area contributed by atoms with Crippen LogP contribution in [0.15, 0.2) is 56.2 Å². The summed E-state index contributed by atoms with van der Waals surface area (Å²) < 4.78 is 11.2. The predicted octanol–water partition coefficient (Wildman–Crippen LogP) is 4.38. The summed E-state index contributed by atoms with van der Waals surface area (Å²) in [6.07, 6.45) is 2.65. The number of carbonyl (C=O) groups is 2. The molecule has 3 rings (SSSR count). The van der Waals surface area contributed by atoms with Crippen LogP contribution in [0, 0.1) is 5.92 Å². The van der Waals surface area contributed by atoms with Gasteiger partial charge in [0, 0.05) is 12.0 Å². The first-order valence-corrected chi connectivity index (χ1v) is 11.5. The number of nitrogens with zero attached hydrogens (tertiary/aromatic N) is 2. The van der Waals surface area contributed by atoms with E-state index < -0.39 is 11.4 Å². The lowest BCUT2D eigenvalue weighted by Gasteiger charge is -2.09. The number of carbonyl (C=O) groups excluding carboxylic acids is 2. The molecule has 1 N–H and O–H groups in total. The minimum absolute atomic E-state index is 0.0521. The Kier molecular flexibility index (Phi) is 7.96. The number of rotatable bonds is 9. The maximum Gasteiger partial charge on any atom is 0.343 e. The van der Waals surface area contributed by atoms with E-state index in [0.717, 1.165) is 19.1 Å². The molecule has 0 bridgehead atoms. The van der Waals surface area contributed by atoms with Crippen molar-refractivity contribution in [2.45, 2.75) is 36.8 Å². The number of anilines is 1. The average Bonchev–Trinajstić information content (AvgIpc) is 3.22. The van der Waals surface area contributed by atoms with Crippen LogP contribution in [-0.4, -0.2) is 22.1 Å². The fourth-order valence-electron chi connectivity index (χ4n) is 2.64. The van der Waals surface area contributed by atoms with Crippen LogP contribution in [0.25, 0.3) is 0 Å². The maximum absolute atomic E-state index is 12.2. The van der Waals surface area contributed by atoms with Gasteiger partial charge in [0.2, 0.25) is 22.2 Å². The summed E-state index contributed by atoms with van der Waals surface area (Å²) in [5, 5.41) is 11.2. The lowest BCUT2D eigenvalue weighted by atomic mass is 10.0. The van der Waals surface area contributed by atoms with E-state index in [1.807, 2.05) is 13.8 Å².